The van der Waals surface area contributed by atoms with E-state index in [1.165, 1.54) is 5.39 Å². The van der Waals surface area contributed by atoms with Crippen LogP contribution in [0.1, 0.15) is 25.8 Å². The van der Waals surface area contributed by atoms with Gasteiger partial charge in [0.2, 0.25) is 5.91 Å². The number of hydrogen-bond donors (Lipinski definition) is 0. The average Bonchev–Trinajstić information content (AvgIpc) is 2.67. The summed E-state index contributed by atoms with van der Waals surface area (Å²) in [6.45, 7) is 6.23. The zero-order chi connectivity index (χ0) is 18.5. The number of fused-ring (bicyclic) bond motifs is 1. The van der Waals surface area contributed by atoms with E-state index in [2.05, 4.69) is 24.3 Å². The number of morpholine rings is 1. The summed E-state index contributed by atoms with van der Waals surface area (Å²) in [5, 5.41) is 2.33. The Balaban J connectivity index is 1.81. The van der Waals surface area contributed by atoms with Crippen molar-refractivity contribution in [1.82, 2.24) is 4.90 Å². The Kier molecular flexibility index (Phi) is 6.04. The Morgan fingerprint density at radius 3 is 2.46 bits per heavy atom. The number of hydrogen-bond acceptors (Lipinski definition) is 3. The molecule has 0 N–H and O–H groups in total. The van der Waals surface area contributed by atoms with E-state index >= 15 is 0 Å². The summed E-state index contributed by atoms with van der Waals surface area (Å²) >= 11 is 0. The summed E-state index contributed by atoms with van der Waals surface area (Å²) in [7, 11) is 0. The van der Waals surface area contributed by atoms with Crippen LogP contribution in [-0.4, -0.2) is 42.9 Å². The zero-order valence-corrected chi connectivity index (χ0v) is 15.6. The molecule has 1 atom stereocenters. The van der Waals surface area contributed by atoms with Gasteiger partial charge in [-0.05, 0) is 22.8 Å². The molecule has 1 aliphatic heterocycles. The summed E-state index contributed by atoms with van der Waals surface area (Å²) in [6.07, 6.45) is 0.884. The number of carbonyl (C=O) groups is 2. The molecule has 4 nitrogen and oxygen atoms in total. The number of Topliss-reactive ketones (excluding diaryl/α,β-unsaturated/α-hetero) is 1. The number of nitrogens with zero attached hydrogens (tertiary/aromatic N) is 1. The lowest BCUT2D eigenvalue weighted by molar-refractivity contribution is -0.139. The molecular formula is C22H27NO3. The predicted octanol–water partition coefficient (Wildman–Crippen LogP) is 3.47. The Morgan fingerprint density at radius 1 is 1.04 bits per heavy atom. The Bertz CT molecular complexity index is 773. The van der Waals surface area contributed by atoms with Crippen LogP contribution in [0.15, 0.2) is 42.5 Å². The maximum atomic E-state index is 12.8. The van der Waals surface area contributed by atoms with Crippen molar-refractivity contribution in [2.45, 2.75) is 26.7 Å². The molecule has 2 aromatic carbocycles. The Hall–Kier alpha value is -2.20. The van der Waals surface area contributed by atoms with Crippen LogP contribution in [0.2, 0.25) is 0 Å². The molecule has 0 radical (unpaired) electrons. The topological polar surface area (TPSA) is 46.6 Å². The van der Waals surface area contributed by atoms with Crippen molar-refractivity contribution in [3.05, 3.63) is 48.0 Å². The van der Waals surface area contributed by atoms with Gasteiger partial charge >= 0.3 is 0 Å². The van der Waals surface area contributed by atoms with Crippen LogP contribution in [0.25, 0.3) is 10.8 Å². The average molecular weight is 353 g/mol. The van der Waals surface area contributed by atoms with Crippen LogP contribution in [0.3, 0.4) is 0 Å². The van der Waals surface area contributed by atoms with Crippen LogP contribution >= 0.6 is 0 Å². The van der Waals surface area contributed by atoms with E-state index < -0.39 is 0 Å². The van der Waals surface area contributed by atoms with E-state index in [0.29, 0.717) is 32.7 Å². The molecule has 1 saturated heterocycles. The molecule has 1 amide bonds. The molecule has 3 rings (SSSR count). The molecule has 1 fully saturated rings. The highest BCUT2D eigenvalue weighted by atomic mass is 16.5. The smallest absolute Gasteiger partial charge is 0.223 e. The van der Waals surface area contributed by atoms with E-state index in [0.717, 1.165) is 10.9 Å². The molecular weight excluding hydrogens is 326 g/mol. The van der Waals surface area contributed by atoms with Gasteiger partial charge in [0, 0.05) is 31.3 Å². The van der Waals surface area contributed by atoms with Crippen LogP contribution in [-0.2, 0) is 20.7 Å². The zero-order valence-electron chi connectivity index (χ0n) is 15.6. The number of ketones is 1. The summed E-state index contributed by atoms with van der Waals surface area (Å²) in [4.78, 5) is 27.3. The standard InChI is InChI=1S/C22H27NO3/c1-16(2)22(25)19(15-21(24)23-10-12-26-13-11-23)14-18-8-5-7-17-6-3-4-9-20(17)18/h3-9,16,19H,10-15H2,1-2H3/t19-/m1/s1. The van der Waals surface area contributed by atoms with Crippen molar-refractivity contribution in [3.63, 3.8) is 0 Å². The fourth-order valence-corrected chi connectivity index (χ4v) is 3.63. The molecule has 4 heteroatoms. The molecule has 0 spiro atoms. The van der Waals surface area contributed by atoms with Gasteiger partial charge in [-0.15, -0.1) is 0 Å². The normalized spacial score (nSPS) is 16.0. The number of carbonyl (C=O) groups excluding carboxylic acids is 2. The summed E-state index contributed by atoms with van der Waals surface area (Å²) in [5.74, 6) is -0.129. The lowest BCUT2D eigenvalue weighted by atomic mass is 9.85. The predicted molar refractivity (Wildman–Crippen MR) is 103 cm³/mol. The van der Waals surface area contributed by atoms with Gasteiger partial charge in [-0.3, -0.25) is 9.59 Å². The molecule has 1 heterocycles. The van der Waals surface area contributed by atoms with Crippen LogP contribution in [0.5, 0.6) is 0 Å². The van der Waals surface area contributed by atoms with Gasteiger partial charge in [0.25, 0.3) is 0 Å². The van der Waals surface area contributed by atoms with Crippen molar-refractivity contribution in [2.24, 2.45) is 11.8 Å². The molecule has 2 aromatic rings. The van der Waals surface area contributed by atoms with Crippen LogP contribution < -0.4 is 0 Å². The van der Waals surface area contributed by atoms with Crippen molar-refractivity contribution >= 4 is 22.5 Å². The molecule has 26 heavy (non-hydrogen) atoms. The minimum absolute atomic E-state index is 0.0625. The first-order valence-corrected chi connectivity index (χ1v) is 9.42. The summed E-state index contributed by atoms with van der Waals surface area (Å²) in [5.41, 5.74) is 1.14. The number of rotatable bonds is 6. The van der Waals surface area contributed by atoms with Gasteiger partial charge in [0.1, 0.15) is 5.78 Å². The quantitative estimate of drug-likeness (QED) is 0.799. The maximum Gasteiger partial charge on any atom is 0.223 e. The first-order valence-electron chi connectivity index (χ1n) is 9.42. The molecule has 0 unspecified atom stereocenters. The van der Waals surface area contributed by atoms with Gasteiger partial charge in [-0.25, -0.2) is 0 Å². The van der Waals surface area contributed by atoms with Gasteiger partial charge in [-0.2, -0.15) is 0 Å². The fraction of sp³-hybridized carbons (Fsp3) is 0.455. The van der Waals surface area contributed by atoms with E-state index in [-0.39, 0.29) is 29.9 Å². The summed E-state index contributed by atoms with van der Waals surface area (Å²) in [6, 6.07) is 14.4. The summed E-state index contributed by atoms with van der Waals surface area (Å²) < 4.78 is 5.32. The number of benzene rings is 2. The molecule has 0 aromatic heterocycles. The van der Waals surface area contributed by atoms with Crippen LogP contribution in [0, 0.1) is 11.8 Å². The van der Waals surface area contributed by atoms with E-state index in [1.54, 1.807) is 0 Å². The third-order valence-corrected chi connectivity index (χ3v) is 5.10. The maximum absolute atomic E-state index is 12.8. The fourth-order valence-electron chi connectivity index (χ4n) is 3.63. The SMILES string of the molecule is CC(C)C(=O)[C@@H](CC(=O)N1CCOCC1)Cc1cccc2ccccc12. The second-order valence-corrected chi connectivity index (χ2v) is 7.29. The third kappa shape index (κ3) is 4.31. The third-order valence-electron chi connectivity index (χ3n) is 5.10. The minimum atomic E-state index is -0.281. The van der Waals surface area contributed by atoms with Crippen LogP contribution in [0.4, 0.5) is 0 Å². The van der Waals surface area contributed by atoms with Crippen molar-refractivity contribution < 1.29 is 14.3 Å². The van der Waals surface area contributed by atoms with Crippen molar-refractivity contribution in [2.75, 3.05) is 26.3 Å². The lowest BCUT2D eigenvalue weighted by Crippen LogP contribution is -2.42. The highest BCUT2D eigenvalue weighted by Crippen LogP contribution is 2.25. The van der Waals surface area contributed by atoms with Gasteiger partial charge in [0.15, 0.2) is 0 Å². The molecule has 0 aliphatic carbocycles. The van der Waals surface area contributed by atoms with Crippen molar-refractivity contribution in [1.29, 1.82) is 0 Å². The highest BCUT2D eigenvalue weighted by molar-refractivity contribution is 5.90. The first-order chi connectivity index (χ1) is 12.6. The molecule has 0 saturated carbocycles. The Morgan fingerprint density at radius 2 is 1.73 bits per heavy atom. The van der Waals surface area contributed by atoms with Gasteiger partial charge in [0.05, 0.1) is 13.2 Å². The second-order valence-electron chi connectivity index (χ2n) is 7.29. The monoisotopic (exact) mass is 353 g/mol. The molecule has 0 bridgehead atoms. The lowest BCUT2D eigenvalue weighted by Gasteiger charge is -2.28. The molecule has 1 aliphatic rings. The number of ether oxygens (including phenoxy) is 1. The van der Waals surface area contributed by atoms with E-state index in [1.807, 2.05) is 36.9 Å². The molecule has 138 valence electrons. The second kappa shape index (κ2) is 8.45. The highest BCUT2D eigenvalue weighted by Gasteiger charge is 2.27. The number of amides is 1. The first kappa shape index (κ1) is 18.6. The van der Waals surface area contributed by atoms with E-state index in [4.69, 9.17) is 4.74 Å². The van der Waals surface area contributed by atoms with E-state index in [9.17, 15) is 9.59 Å². The largest absolute Gasteiger partial charge is 0.378 e. The van der Waals surface area contributed by atoms with Gasteiger partial charge in [-0.1, -0.05) is 56.3 Å². The van der Waals surface area contributed by atoms with Crippen molar-refractivity contribution in [3.8, 4) is 0 Å². The minimum Gasteiger partial charge on any atom is -0.378 e. The Labute approximate surface area is 155 Å². The van der Waals surface area contributed by atoms with Gasteiger partial charge < -0.3 is 9.64 Å².